The van der Waals surface area contributed by atoms with E-state index in [1.54, 1.807) is 20.8 Å². The number of Topliss-reactive ketones (excluding diaryl/α,β-unsaturated/α-hetero) is 1. The van der Waals surface area contributed by atoms with Crippen LogP contribution in [0.5, 0.6) is 0 Å². The molecule has 0 saturated heterocycles. The Morgan fingerprint density at radius 2 is 1.97 bits per heavy atom. The fraction of sp³-hybridized carbons (Fsp3) is 0.593. The number of rotatable bonds is 3. The van der Waals surface area contributed by atoms with Gasteiger partial charge in [0.15, 0.2) is 0 Å². The Bertz CT molecular complexity index is 976. The van der Waals surface area contributed by atoms with Gasteiger partial charge < -0.3 is 20.1 Å². The maximum atomic E-state index is 13.1. The van der Waals surface area contributed by atoms with E-state index in [-0.39, 0.29) is 24.7 Å². The Hall–Kier alpha value is -2.13. The number of allylic oxidation sites excluding steroid dienone is 2. The third-order valence-corrected chi connectivity index (χ3v) is 7.57. The molecule has 2 heterocycles. The van der Waals surface area contributed by atoms with Crippen LogP contribution in [0.4, 0.5) is 0 Å². The number of cyclic esters (lactones) is 1. The molecule has 5 atom stereocenters. The second-order valence-corrected chi connectivity index (χ2v) is 11.0. The average molecular weight is 506 g/mol. The van der Waals surface area contributed by atoms with E-state index in [0.717, 1.165) is 11.1 Å². The van der Waals surface area contributed by atoms with Crippen molar-refractivity contribution in [2.24, 2.45) is 17.3 Å². The maximum absolute atomic E-state index is 13.1. The molecule has 0 radical (unpaired) electrons. The zero-order valence-corrected chi connectivity index (χ0v) is 22.3. The zero-order valence-electron chi connectivity index (χ0n) is 21.5. The third kappa shape index (κ3) is 7.93. The fourth-order valence-corrected chi connectivity index (χ4v) is 4.68. The van der Waals surface area contributed by atoms with Crippen molar-refractivity contribution in [3.05, 3.63) is 45.5 Å². The van der Waals surface area contributed by atoms with Gasteiger partial charge in [0, 0.05) is 23.6 Å². The summed E-state index contributed by atoms with van der Waals surface area (Å²) < 4.78 is 5.77. The van der Waals surface area contributed by atoms with E-state index in [9.17, 15) is 24.9 Å². The molecular formula is C27H39NO6S. The first-order valence-electron chi connectivity index (χ1n) is 12.0. The SMILES string of the molecule is C/C1=C/CC(/C(C)=C/c2csc(CO)n2)OC(=O)C[C@H](O)C(C)(C)C(=O)C(C)C(O)C(C)/C=C/C1. The summed E-state index contributed by atoms with van der Waals surface area (Å²) in [5.41, 5.74) is 1.30. The number of ketones is 1. The number of carbonyl (C=O) groups is 2. The number of esters is 1. The second kappa shape index (κ2) is 12.7. The van der Waals surface area contributed by atoms with E-state index >= 15 is 0 Å². The van der Waals surface area contributed by atoms with Crippen molar-refractivity contribution in [1.29, 1.82) is 0 Å². The fourth-order valence-electron chi connectivity index (χ4n) is 4.07. The van der Waals surface area contributed by atoms with Crippen LogP contribution in [0.2, 0.25) is 0 Å². The average Bonchev–Trinajstić information content (AvgIpc) is 3.26. The van der Waals surface area contributed by atoms with Crippen molar-refractivity contribution < 1.29 is 29.6 Å². The molecule has 0 amide bonds. The highest BCUT2D eigenvalue weighted by molar-refractivity contribution is 7.09. The molecule has 0 saturated carbocycles. The molecule has 7 nitrogen and oxygen atoms in total. The van der Waals surface area contributed by atoms with Gasteiger partial charge in [0.2, 0.25) is 0 Å². The van der Waals surface area contributed by atoms with Crippen LogP contribution in [0.25, 0.3) is 6.08 Å². The monoisotopic (exact) mass is 505 g/mol. The lowest BCUT2D eigenvalue weighted by molar-refractivity contribution is -0.154. The van der Waals surface area contributed by atoms with Crippen molar-refractivity contribution in [3.8, 4) is 0 Å². The minimum absolute atomic E-state index is 0.133. The van der Waals surface area contributed by atoms with Crippen LogP contribution in [-0.2, 0) is 20.9 Å². The van der Waals surface area contributed by atoms with Gasteiger partial charge >= 0.3 is 5.97 Å². The van der Waals surface area contributed by atoms with E-state index < -0.39 is 35.6 Å². The molecule has 1 aromatic heterocycles. The quantitative estimate of drug-likeness (QED) is 0.416. The molecule has 0 spiro atoms. The van der Waals surface area contributed by atoms with Gasteiger partial charge in [-0.1, -0.05) is 51.5 Å². The normalized spacial score (nSPS) is 32.0. The summed E-state index contributed by atoms with van der Waals surface area (Å²) in [6, 6.07) is 0. The number of aromatic nitrogens is 1. The van der Waals surface area contributed by atoms with Crippen LogP contribution in [-0.4, -0.2) is 50.4 Å². The lowest BCUT2D eigenvalue weighted by Crippen LogP contribution is -2.45. The van der Waals surface area contributed by atoms with Crippen LogP contribution in [0.3, 0.4) is 0 Å². The van der Waals surface area contributed by atoms with Gasteiger partial charge in [0.25, 0.3) is 0 Å². The number of nitrogens with zero attached hydrogens (tertiary/aromatic N) is 1. The molecule has 1 aliphatic rings. The maximum Gasteiger partial charge on any atom is 0.309 e. The molecule has 0 aliphatic carbocycles. The van der Waals surface area contributed by atoms with E-state index in [0.29, 0.717) is 23.5 Å². The number of carbonyl (C=O) groups excluding carboxylic acids is 2. The highest BCUT2D eigenvalue weighted by Crippen LogP contribution is 2.31. The first-order valence-corrected chi connectivity index (χ1v) is 12.9. The number of aliphatic hydroxyl groups is 3. The Morgan fingerprint density at radius 1 is 1.29 bits per heavy atom. The minimum atomic E-state index is -1.26. The Balaban J connectivity index is 2.37. The summed E-state index contributed by atoms with van der Waals surface area (Å²) in [5, 5.41) is 33.2. The number of ether oxygens (including phenoxy) is 1. The molecule has 0 aromatic carbocycles. The summed E-state index contributed by atoms with van der Waals surface area (Å²) in [4.78, 5) is 30.3. The Morgan fingerprint density at radius 3 is 2.60 bits per heavy atom. The molecule has 8 heteroatoms. The molecule has 1 aliphatic heterocycles. The lowest BCUT2D eigenvalue weighted by Gasteiger charge is -2.34. The third-order valence-electron chi connectivity index (χ3n) is 6.71. The predicted octanol–water partition coefficient (Wildman–Crippen LogP) is 4.23. The lowest BCUT2D eigenvalue weighted by atomic mass is 9.73. The van der Waals surface area contributed by atoms with Crippen LogP contribution in [0.1, 0.15) is 71.5 Å². The molecule has 35 heavy (non-hydrogen) atoms. The summed E-state index contributed by atoms with van der Waals surface area (Å²) >= 11 is 1.35. The van der Waals surface area contributed by atoms with Crippen LogP contribution in [0.15, 0.2) is 34.8 Å². The molecule has 194 valence electrons. The standard InChI is InChI=1S/C27H39NO6S/c1-16-8-7-9-17(2)25(32)19(4)26(33)27(5,6)22(30)13-24(31)34-21(11-10-16)18(3)12-20-15-35-23(14-29)28-20/h7,9-10,12,15,17,19,21-22,25,29-30,32H,8,11,13-14H2,1-6H3/b9-7+,16-10-,18-12+/t17?,19?,21?,22-,25?/m0/s1. The van der Waals surface area contributed by atoms with Crippen molar-refractivity contribution in [2.75, 3.05) is 0 Å². The minimum Gasteiger partial charge on any atom is -0.457 e. The molecule has 0 bridgehead atoms. The molecule has 3 N–H and O–H groups in total. The largest absolute Gasteiger partial charge is 0.457 e. The predicted molar refractivity (Wildman–Crippen MR) is 137 cm³/mol. The van der Waals surface area contributed by atoms with Gasteiger partial charge in [-0.15, -0.1) is 11.3 Å². The van der Waals surface area contributed by atoms with Gasteiger partial charge in [-0.2, -0.15) is 0 Å². The molecule has 4 unspecified atom stereocenters. The number of thiazole rings is 1. The summed E-state index contributed by atoms with van der Waals surface area (Å²) in [6.45, 7) is 10.4. The molecular weight excluding hydrogens is 466 g/mol. The van der Waals surface area contributed by atoms with Crippen LogP contribution >= 0.6 is 11.3 Å². The van der Waals surface area contributed by atoms with E-state index in [1.165, 1.54) is 11.3 Å². The number of hydrogen-bond donors (Lipinski definition) is 3. The van der Waals surface area contributed by atoms with E-state index in [1.807, 2.05) is 50.5 Å². The van der Waals surface area contributed by atoms with Crippen molar-refractivity contribution >= 4 is 29.2 Å². The summed E-state index contributed by atoms with van der Waals surface area (Å²) in [6.07, 6.45) is 5.75. The van der Waals surface area contributed by atoms with Crippen LogP contribution < -0.4 is 0 Å². The first kappa shape index (κ1) is 29.1. The second-order valence-electron chi connectivity index (χ2n) is 10.1. The van der Waals surface area contributed by atoms with Gasteiger partial charge in [-0.3, -0.25) is 9.59 Å². The van der Waals surface area contributed by atoms with Gasteiger partial charge in [0.1, 0.15) is 16.9 Å². The number of aliphatic hydroxyl groups excluding tert-OH is 3. The van der Waals surface area contributed by atoms with Gasteiger partial charge in [0.05, 0.1) is 36.3 Å². The van der Waals surface area contributed by atoms with Crippen molar-refractivity contribution in [3.63, 3.8) is 0 Å². The Kier molecular flexibility index (Phi) is 10.6. The summed E-state index contributed by atoms with van der Waals surface area (Å²) in [5.74, 6) is -1.86. The smallest absolute Gasteiger partial charge is 0.309 e. The molecule has 0 fully saturated rings. The zero-order chi connectivity index (χ0) is 26.3. The van der Waals surface area contributed by atoms with Gasteiger partial charge in [-0.25, -0.2) is 4.98 Å². The van der Waals surface area contributed by atoms with E-state index in [4.69, 9.17) is 4.74 Å². The molecule has 1 aromatic rings. The summed E-state index contributed by atoms with van der Waals surface area (Å²) in [7, 11) is 0. The highest BCUT2D eigenvalue weighted by atomic mass is 32.1. The topological polar surface area (TPSA) is 117 Å². The first-order chi connectivity index (χ1) is 16.4. The number of hydrogen-bond acceptors (Lipinski definition) is 8. The van der Waals surface area contributed by atoms with E-state index in [2.05, 4.69) is 4.98 Å². The highest BCUT2D eigenvalue weighted by Gasteiger charge is 2.42. The van der Waals surface area contributed by atoms with Gasteiger partial charge in [-0.05, 0) is 31.9 Å². The van der Waals surface area contributed by atoms with Crippen molar-refractivity contribution in [2.45, 2.75) is 85.7 Å². The van der Waals surface area contributed by atoms with Crippen LogP contribution in [0, 0.1) is 17.3 Å². The molecule has 2 rings (SSSR count). The Labute approximate surface area is 212 Å². The van der Waals surface area contributed by atoms with Crippen molar-refractivity contribution in [1.82, 2.24) is 4.98 Å².